The number of benzene rings is 1. The van der Waals surface area contributed by atoms with Crippen LogP contribution in [-0.2, 0) is 13.1 Å². The van der Waals surface area contributed by atoms with Gasteiger partial charge in [-0.15, -0.1) is 5.10 Å². The average molecular weight is 453 g/mol. The van der Waals surface area contributed by atoms with Crippen LogP contribution >= 0.6 is 0 Å². The Morgan fingerprint density at radius 3 is 2.88 bits per heavy atom. The number of nitrogens with one attached hydrogen (secondary N) is 1. The number of ether oxygens (including phenoxy) is 1. The highest BCUT2D eigenvalue weighted by molar-refractivity contribution is 5.80. The summed E-state index contributed by atoms with van der Waals surface area (Å²) in [6.07, 6.45) is 2.30. The summed E-state index contributed by atoms with van der Waals surface area (Å²) in [5.74, 6) is 2.14. The second kappa shape index (κ2) is 10.4. The molecule has 3 heterocycles. The zero-order valence-corrected chi connectivity index (χ0v) is 18.8. The predicted molar refractivity (Wildman–Crippen MR) is 122 cm³/mol. The number of furan rings is 1. The third-order valence-corrected chi connectivity index (χ3v) is 5.54. The van der Waals surface area contributed by atoms with Crippen LogP contribution < -0.4 is 10.3 Å². The number of pyridine rings is 1. The SMILES string of the molecule is CCOc1ccc2[nH]c(=O)c(CN(CCO)[C@@H](CC)c3nnnn3Cc3ccco3)cc2c1. The van der Waals surface area contributed by atoms with Crippen LogP contribution in [0.5, 0.6) is 5.75 Å². The number of H-pyrrole nitrogens is 1. The molecule has 33 heavy (non-hydrogen) atoms. The Balaban J connectivity index is 1.64. The van der Waals surface area contributed by atoms with Gasteiger partial charge >= 0.3 is 0 Å². The van der Waals surface area contributed by atoms with Crippen molar-refractivity contribution in [2.24, 2.45) is 0 Å². The second-order valence-corrected chi connectivity index (χ2v) is 7.70. The number of hydrogen-bond acceptors (Lipinski definition) is 8. The molecule has 0 aliphatic rings. The lowest BCUT2D eigenvalue weighted by atomic mass is 10.1. The first kappa shape index (κ1) is 22.7. The molecule has 0 radical (unpaired) electrons. The number of aliphatic hydroxyl groups excluding tert-OH is 1. The molecule has 2 N–H and O–H groups in total. The molecular weight excluding hydrogens is 424 g/mol. The van der Waals surface area contributed by atoms with Gasteiger partial charge in [0.15, 0.2) is 5.82 Å². The summed E-state index contributed by atoms with van der Waals surface area (Å²) in [4.78, 5) is 17.8. The first-order valence-corrected chi connectivity index (χ1v) is 11.0. The van der Waals surface area contributed by atoms with E-state index in [2.05, 4.69) is 20.5 Å². The fourth-order valence-electron chi connectivity index (χ4n) is 4.01. The number of nitrogens with zero attached hydrogens (tertiary/aromatic N) is 5. The predicted octanol–water partition coefficient (Wildman–Crippen LogP) is 2.50. The van der Waals surface area contributed by atoms with Gasteiger partial charge in [0, 0.05) is 29.6 Å². The van der Waals surface area contributed by atoms with E-state index >= 15 is 0 Å². The van der Waals surface area contributed by atoms with E-state index in [9.17, 15) is 9.90 Å². The van der Waals surface area contributed by atoms with Gasteiger partial charge in [0.1, 0.15) is 18.1 Å². The highest BCUT2D eigenvalue weighted by atomic mass is 16.5. The maximum absolute atomic E-state index is 12.8. The van der Waals surface area contributed by atoms with E-state index in [1.54, 1.807) is 10.9 Å². The monoisotopic (exact) mass is 452 g/mol. The number of rotatable bonds is 11. The molecule has 10 heteroatoms. The lowest BCUT2D eigenvalue weighted by molar-refractivity contribution is 0.131. The van der Waals surface area contributed by atoms with E-state index in [1.807, 2.05) is 55.1 Å². The number of aliphatic hydroxyl groups is 1. The summed E-state index contributed by atoms with van der Waals surface area (Å²) in [7, 11) is 0. The molecule has 0 bridgehead atoms. The maximum atomic E-state index is 12.8. The van der Waals surface area contributed by atoms with Crippen molar-refractivity contribution < 1.29 is 14.3 Å². The van der Waals surface area contributed by atoms with E-state index in [1.165, 1.54) is 0 Å². The minimum Gasteiger partial charge on any atom is -0.494 e. The third kappa shape index (κ3) is 5.12. The van der Waals surface area contributed by atoms with Gasteiger partial charge in [-0.3, -0.25) is 9.69 Å². The zero-order chi connectivity index (χ0) is 23.2. The Bertz CT molecular complexity index is 1230. The minimum absolute atomic E-state index is 0.0593. The van der Waals surface area contributed by atoms with Crippen LogP contribution in [0.3, 0.4) is 0 Å². The molecule has 4 rings (SSSR count). The van der Waals surface area contributed by atoms with Crippen LogP contribution in [0.4, 0.5) is 0 Å². The summed E-state index contributed by atoms with van der Waals surface area (Å²) in [5.41, 5.74) is 1.17. The molecule has 0 saturated heterocycles. The van der Waals surface area contributed by atoms with Gasteiger partial charge in [0.2, 0.25) is 0 Å². The van der Waals surface area contributed by atoms with E-state index in [0.717, 1.165) is 22.4 Å². The molecule has 1 atom stereocenters. The van der Waals surface area contributed by atoms with Gasteiger partial charge in [-0.2, -0.15) is 0 Å². The van der Waals surface area contributed by atoms with Crippen molar-refractivity contribution in [2.75, 3.05) is 19.8 Å². The molecule has 0 aliphatic heterocycles. The molecule has 1 aromatic carbocycles. The van der Waals surface area contributed by atoms with Gasteiger partial charge in [-0.25, -0.2) is 4.68 Å². The van der Waals surface area contributed by atoms with E-state index < -0.39 is 0 Å². The first-order valence-electron chi connectivity index (χ1n) is 11.0. The summed E-state index contributed by atoms with van der Waals surface area (Å²) in [6, 6.07) is 10.9. The number of hydrogen-bond donors (Lipinski definition) is 2. The van der Waals surface area contributed by atoms with Crippen LogP contribution in [-0.4, -0.2) is 55.0 Å². The fourth-order valence-corrected chi connectivity index (χ4v) is 4.01. The van der Waals surface area contributed by atoms with Crippen molar-refractivity contribution in [1.29, 1.82) is 0 Å². The molecule has 10 nitrogen and oxygen atoms in total. The van der Waals surface area contributed by atoms with Gasteiger partial charge in [0.05, 0.1) is 25.5 Å². The van der Waals surface area contributed by atoms with Crippen molar-refractivity contribution in [2.45, 2.75) is 39.4 Å². The van der Waals surface area contributed by atoms with Gasteiger partial charge < -0.3 is 19.2 Å². The standard InChI is InChI=1S/C23H28N6O4/c1-3-21(22-25-26-27-29(22)15-19-6-5-11-33-19)28(9-10-30)14-17-12-16-13-18(32-4-2)7-8-20(16)24-23(17)31/h5-8,11-13,21,30H,3-4,9-10,14-15H2,1-2H3,(H,24,31)/t21-/m0/s1. The summed E-state index contributed by atoms with van der Waals surface area (Å²) in [6.45, 7) is 5.56. The number of fused-ring (bicyclic) bond motifs is 1. The highest BCUT2D eigenvalue weighted by Crippen LogP contribution is 2.25. The zero-order valence-electron chi connectivity index (χ0n) is 18.8. The van der Waals surface area contributed by atoms with Gasteiger partial charge in [-0.05, 0) is 60.2 Å². The number of aromatic nitrogens is 5. The molecule has 0 saturated carbocycles. The Morgan fingerprint density at radius 2 is 2.15 bits per heavy atom. The number of tetrazole rings is 1. The smallest absolute Gasteiger partial charge is 0.252 e. The molecule has 0 fully saturated rings. The van der Waals surface area contributed by atoms with Gasteiger partial charge in [0.25, 0.3) is 5.56 Å². The number of aromatic amines is 1. The van der Waals surface area contributed by atoms with E-state index in [-0.39, 0.29) is 18.2 Å². The largest absolute Gasteiger partial charge is 0.494 e. The molecule has 0 aliphatic carbocycles. The fraction of sp³-hybridized carbons (Fsp3) is 0.391. The van der Waals surface area contributed by atoms with Gasteiger partial charge in [-0.1, -0.05) is 6.92 Å². The van der Waals surface area contributed by atoms with E-state index in [0.29, 0.717) is 44.0 Å². The summed E-state index contributed by atoms with van der Waals surface area (Å²) >= 11 is 0. The van der Waals surface area contributed by atoms with Crippen molar-refractivity contribution in [3.63, 3.8) is 0 Å². The van der Waals surface area contributed by atoms with Crippen LogP contribution in [0.25, 0.3) is 10.9 Å². The molecular formula is C23H28N6O4. The van der Waals surface area contributed by atoms with Crippen LogP contribution in [0.2, 0.25) is 0 Å². The average Bonchev–Trinajstić information content (AvgIpc) is 3.48. The molecule has 0 amide bonds. The Kier molecular flexibility index (Phi) is 7.16. The lowest BCUT2D eigenvalue weighted by Crippen LogP contribution is -2.34. The topological polar surface area (TPSA) is 122 Å². The Labute approximate surface area is 190 Å². The van der Waals surface area contributed by atoms with Crippen LogP contribution in [0, 0.1) is 0 Å². The van der Waals surface area contributed by atoms with Crippen LogP contribution in [0.1, 0.15) is 43.5 Å². The summed E-state index contributed by atoms with van der Waals surface area (Å²) < 4.78 is 12.7. The molecule has 0 spiro atoms. The lowest BCUT2D eigenvalue weighted by Gasteiger charge is -2.29. The molecule has 4 aromatic rings. The van der Waals surface area contributed by atoms with Crippen molar-refractivity contribution in [1.82, 2.24) is 30.1 Å². The third-order valence-electron chi connectivity index (χ3n) is 5.54. The minimum atomic E-state index is -0.202. The Hall–Kier alpha value is -3.50. The highest BCUT2D eigenvalue weighted by Gasteiger charge is 2.26. The first-order chi connectivity index (χ1) is 16.1. The Morgan fingerprint density at radius 1 is 1.27 bits per heavy atom. The van der Waals surface area contributed by atoms with Crippen molar-refractivity contribution in [3.05, 3.63) is 70.2 Å². The molecule has 3 aromatic heterocycles. The summed E-state index contributed by atoms with van der Waals surface area (Å²) in [5, 5.41) is 22.9. The second-order valence-electron chi connectivity index (χ2n) is 7.70. The van der Waals surface area contributed by atoms with Crippen LogP contribution in [0.15, 0.2) is 51.9 Å². The van der Waals surface area contributed by atoms with Crippen molar-refractivity contribution in [3.8, 4) is 5.75 Å². The maximum Gasteiger partial charge on any atom is 0.252 e. The molecule has 0 unspecified atom stereocenters. The van der Waals surface area contributed by atoms with Crippen molar-refractivity contribution >= 4 is 10.9 Å². The normalized spacial score (nSPS) is 12.5. The van der Waals surface area contributed by atoms with E-state index in [4.69, 9.17) is 9.15 Å². The quantitative estimate of drug-likeness (QED) is 0.356. The molecule has 174 valence electrons.